The summed E-state index contributed by atoms with van der Waals surface area (Å²) in [6, 6.07) is 4.42. The topological polar surface area (TPSA) is 63.4 Å². The predicted molar refractivity (Wildman–Crippen MR) is 71.5 cm³/mol. The summed E-state index contributed by atoms with van der Waals surface area (Å²) in [5.41, 5.74) is 6.29. The molecule has 0 amide bonds. The van der Waals surface area contributed by atoms with E-state index in [4.69, 9.17) is 10.5 Å². The zero-order chi connectivity index (χ0) is 12.4. The van der Waals surface area contributed by atoms with Crippen molar-refractivity contribution < 1.29 is 4.74 Å². The fourth-order valence-corrected chi connectivity index (χ4v) is 2.74. The summed E-state index contributed by atoms with van der Waals surface area (Å²) in [4.78, 5) is 6.77. The van der Waals surface area contributed by atoms with Crippen molar-refractivity contribution in [3.05, 3.63) is 18.3 Å². The molecule has 18 heavy (non-hydrogen) atoms. The summed E-state index contributed by atoms with van der Waals surface area (Å²) >= 11 is 0. The maximum Gasteiger partial charge on any atom is 0.126 e. The van der Waals surface area contributed by atoms with Gasteiger partial charge in [-0.05, 0) is 31.5 Å². The first kappa shape index (κ1) is 11.7. The summed E-state index contributed by atoms with van der Waals surface area (Å²) in [5.74, 6) is 0.858. The molecule has 2 unspecified atom stereocenters. The van der Waals surface area contributed by atoms with Crippen LogP contribution in [-0.4, -0.2) is 48.3 Å². The number of rotatable bonds is 3. The van der Waals surface area contributed by atoms with Gasteiger partial charge in [-0.3, -0.25) is 4.90 Å². The SMILES string of the molecule is Nc1ccc(NCC2CN3CCCC3CO2)nc1. The lowest BCUT2D eigenvalue weighted by molar-refractivity contribution is -0.0416. The number of fused-ring (bicyclic) bond motifs is 1. The van der Waals surface area contributed by atoms with Crippen LogP contribution in [0.4, 0.5) is 11.5 Å². The lowest BCUT2D eigenvalue weighted by Gasteiger charge is -2.35. The number of nitrogens with one attached hydrogen (secondary N) is 1. The van der Waals surface area contributed by atoms with Gasteiger partial charge in [-0.15, -0.1) is 0 Å². The third-order valence-electron chi connectivity index (χ3n) is 3.76. The van der Waals surface area contributed by atoms with Gasteiger partial charge in [-0.25, -0.2) is 4.98 Å². The molecule has 2 fully saturated rings. The van der Waals surface area contributed by atoms with Crippen LogP contribution in [0.5, 0.6) is 0 Å². The lowest BCUT2D eigenvalue weighted by Crippen LogP contribution is -2.48. The predicted octanol–water partition coefficient (Wildman–Crippen LogP) is 0.939. The molecule has 5 heteroatoms. The smallest absolute Gasteiger partial charge is 0.126 e. The third-order valence-corrected chi connectivity index (χ3v) is 3.76. The minimum atomic E-state index is 0.263. The van der Waals surface area contributed by atoms with E-state index in [1.807, 2.05) is 12.1 Å². The van der Waals surface area contributed by atoms with Crippen molar-refractivity contribution in [1.82, 2.24) is 9.88 Å². The molecule has 1 aromatic heterocycles. The number of ether oxygens (including phenoxy) is 1. The number of nitrogen functional groups attached to an aromatic ring is 1. The normalized spacial score (nSPS) is 28.0. The molecule has 2 aliphatic rings. The average Bonchev–Trinajstić information content (AvgIpc) is 2.85. The Labute approximate surface area is 107 Å². The van der Waals surface area contributed by atoms with E-state index in [-0.39, 0.29) is 6.10 Å². The molecule has 5 nitrogen and oxygen atoms in total. The van der Waals surface area contributed by atoms with Gasteiger partial charge in [0.25, 0.3) is 0 Å². The number of pyridine rings is 1. The quantitative estimate of drug-likeness (QED) is 0.833. The zero-order valence-corrected chi connectivity index (χ0v) is 10.5. The van der Waals surface area contributed by atoms with E-state index in [0.29, 0.717) is 11.7 Å². The number of hydrogen-bond acceptors (Lipinski definition) is 5. The summed E-state index contributed by atoms with van der Waals surface area (Å²) < 4.78 is 5.88. The van der Waals surface area contributed by atoms with Gasteiger partial charge >= 0.3 is 0 Å². The van der Waals surface area contributed by atoms with E-state index < -0.39 is 0 Å². The van der Waals surface area contributed by atoms with Crippen LogP contribution in [0, 0.1) is 0 Å². The van der Waals surface area contributed by atoms with Crippen molar-refractivity contribution in [2.24, 2.45) is 0 Å². The van der Waals surface area contributed by atoms with Gasteiger partial charge in [0.2, 0.25) is 0 Å². The molecule has 0 aromatic carbocycles. The minimum absolute atomic E-state index is 0.263. The fourth-order valence-electron chi connectivity index (χ4n) is 2.74. The Bertz CT molecular complexity index is 394. The first-order chi connectivity index (χ1) is 8.81. The van der Waals surface area contributed by atoms with Crippen LogP contribution in [0.15, 0.2) is 18.3 Å². The maximum atomic E-state index is 5.88. The van der Waals surface area contributed by atoms with Gasteiger partial charge < -0.3 is 15.8 Å². The fraction of sp³-hybridized carbons (Fsp3) is 0.615. The monoisotopic (exact) mass is 248 g/mol. The highest BCUT2D eigenvalue weighted by atomic mass is 16.5. The molecule has 1 aromatic rings. The number of hydrogen-bond donors (Lipinski definition) is 2. The molecule has 0 radical (unpaired) electrons. The Hall–Kier alpha value is -1.33. The highest BCUT2D eigenvalue weighted by Gasteiger charge is 2.31. The number of nitrogens with zero attached hydrogens (tertiary/aromatic N) is 2. The molecular weight excluding hydrogens is 228 g/mol. The molecule has 3 rings (SSSR count). The third kappa shape index (κ3) is 2.57. The van der Waals surface area contributed by atoms with Crippen LogP contribution in [0.1, 0.15) is 12.8 Å². The first-order valence-corrected chi connectivity index (χ1v) is 6.62. The molecule has 3 N–H and O–H groups in total. The summed E-state index contributed by atoms with van der Waals surface area (Å²) in [7, 11) is 0. The van der Waals surface area contributed by atoms with Crippen LogP contribution < -0.4 is 11.1 Å². The Morgan fingerprint density at radius 1 is 1.50 bits per heavy atom. The van der Waals surface area contributed by atoms with Gasteiger partial charge in [0.1, 0.15) is 5.82 Å². The molecule has 2 atom stereocenters. The van der Waals surface area contributed by atoms with Crippen LogP contribution >= 0.6 is 0 Å². The first-order valence-electron chi connectivity index (χ1n) is 6.62. The van der Waals surface area contributed by atoms with Crippen molar-refractivity contribution in [1.29, 1.82) is 0 Å². The van der Waals surface area contributed by atoms with Crippen LogP contribution in [0.3, 0.4) is 0 Å². The average molecular weight is 248 g/mol. The molecule has 3 heterocycles. The molecule has 0 bridgehead atoms. The van der Waals surface area contributed by atoms with E-state index in [1.54, 1.807) is 6.20 Å². The maximum absolute atomic E-state index is 5.88. The second-order valence-corrected chi connectivity index (χ2v) is 5.10. The Kier molecular flexibility index (Phi) is 3.34. The van der Waals surface area contributed by atoms with Crippen LogP contribution in [-0.2, 0) is 4.74 Å². The van der Waals surface area contributed by atoms with Crippen LogP contribution in [0.2, 0.25) is 0 Å². The summed E-state index contributed by atoms with van der Waals surface area (Å²) in [6.07, 6.45) is 4.53. The molecule has 2 aliphatic heterocycles. The largest absolute Gasteiger partial charge is 0.397 e. The molecule has 0 aliphatic carbocycles. The van der Waals surface area contributed by atoms with E-state index in [2.05, 4.69) is 15.2 Å². The molecule has 98 valence electrons. The van der Waals surface area contributed by atoms with Gasteiger partial charge in [-0.2, -0.15) is 0 Å². The van der Waals surface area contributed by atoms with E-state index in [1.165, 1.54) is 19.4 Å². The molecule has 2 saturated heterocycles. The number of aromatic nitrogens is 1. The van der Waals surface area contributed by atoms with Crippen molar-refractivity contribution in [3.63, 3.8) is 0 Å². The van der Waals surface area contributed by atoms with Gasteiger partial charge in [0.15, 0.2) is 0 Å². The lowest BCUT2D eigenvalue weighted by atomic mass is 10.2. The van der Waals surface area contributed by atoms with Crippen LogP contribution in [0.25, 0.3) is 0 Å². The number of morpholine rings is 1. The second kappa shape index (κ2) is 5.12. The van der Waals surface area contributed by atoms with E-state index in [0.717, 1.165) is 25.5 Å². The highest BCUT2D eigenvalue weighted by molar-refractivity contribution is 5.43. The Morgan fingerprint density at radius 2 is 2.44 bits per heavy atom. The van der Waals surface area contributed by atoms with Crippen molar-refractivity contribution >= 4 is 11.5 Å². The molecule has 0 saturated carbocycles. The van der Waals surface area contributed by atoms with Gasteiger partial charge in [-0.1, -0.05) is 0 Å². The van der Waals surface area contributed by atoms with E-state index in [9.17, 15) is 0 Å². The summed E-state index contributed by atoms with van der Waals surface area (Å²) in [5, 5.41) is 3.30. The van der Waals surface area contributed by atoms with Crippen molar-refractivity contribution in [2.75, 3.05) is 37.3 Å². The second-order valence-electron chi connectivity index (χ2n) is 5.10. The highest BCUT2D eigenvalue weighted by Crippen LogP contribution is 2.22. The minimum Gasteiger partial charge on any atom is -0.397 e. The van der Waals surface area contributed by atoms with Gasteiger partial charge in [0, 0.05) is 19.1 Å². The molecular formula is C13H20N4O. The van der Waals surface area contributed by atoms with Crippen molar-refractivity contribution in [2.45, 2.75) is 25.0 Å². The molecule has 0 spiro atoms. The van der Waals surface area contributed by atoms with E-state index >= 15 is 0 Å². The zero-order valence-electron chi connectivity index (χ0n) is 10.5. The summed E-state index contributed by atoms with van der Waals surface area (Å²) in [6.45, 7) is 3.94. The van der Waals surface area contributed by atoms with Crippen molar-refractivity contribution in [3.8, 4) is 0 Å². The standard InChI is InChI=1S/C13H20N4O/c14-10-3-4-13(15-6-10)16-7-12-8-17-5-1-2-11(17)9-18-12/h3-4,6,11-12H,1-2,5,7-9,14H2,(H,15,16). The van der Waals surface area contributed by atoms with Gasteiger partial charge in [0.05, 0.1) is 24.6 Å². The number of nitrogens with two attached hydrogens (primary N) is 1. The Balaban J connectivity index is 1.50. The Morgan fingerprint density at radius 3 is 3.28 bits per heavy atom. The number of anilines is 2.